The Morgan fingerprint density at radius 3 is 2.39 bits per heavy atom. The Hall–Kier alpha value is -1.16. The maximum atomic E-state index is 13.1. The molecule has 6 nitrogen and oxygen atoms in total. The van der Waals surface area contributed by atoms with Crippen molar-refractivity contribution in [1.29, 1.82) is 0 Å². The molecule has 0 amide bonds. The van der Waals surface area contributed by atoms with Crippen LogP contribution in [0.15, 0.2) is 12.3 Å². The lowest BCUT2D eigenvalue weighted by atomic mass is 9.83. The van der Waals surface area contributed by atoms with Crippen LogP contribution in [0.3, 0.4) is 0 Å². The molecule has 0 aromatic carbocycles. The van der Waals surface area contributed by atoms with E-state index in [1.54, 1.807) is 6.20 Å². The standard InChI is InChI=1S/C19H30F3N3O3/c1-12-11-24(17(27)18(2,28)19(20,21)22)10-8-15(12)16-7-9-23-25(16)13-3-5-14(26)6-4-13/h7,9,12-15,17,26-28H,3-6,8,10-11H2,1-2H3. The predicted molar refractivity (Wildman–Crippen MR) is 96.5 cm³/mol. The van der Waals surface area contributed by atoms with Gasteiger partial charge in [-0.2, -0.15) is 18.3 Å². The van der Waals surface area contributed by atoms with Crippen LogP contribution >= 0.6 is 0 Å². The van der Waals surface area contributed by atoms with Crippen LogP contribution < -0.4 is 0 Å². The smallest absolute Gasteiger partial charge is 0.393 e. The number of aromatic nitrogens is 2. The van der Waals surface area contributed by atoms with Crippen LogP contribution in [0.2, 0.25) is 0 Å². The molecule has 3 rings (SSSR count). The highest BCUT2D eigenvalue weighted by molar-refractivity contribution is 5.12. The van der Waals surface area contributed by atoms with Gasteiger partial charge in [0.15, 0.2) is 5.60 Å². The number of aliphatic hydroxyl groups is 3. The van der Waals surface area contributed by atoms with Gasteiger partial charge in [0.25, 0.3) is 0 Å². The Kier molecular flexibility index (Phi) is 6.10. The first-order valence-corrected chi connectivity index (χ1v) is 9.95. The average Bonchev–Trinajstić information content (AvgIpc) is 3.10. The van der Waals surface area contributed by atoms with Crippen LogP contribution in [0, 0.1) is 5.92 Å². The molecule has 160 valence electrons. The lowest BCUT2D eigenvalue weighted by Gasteiger charge is -2.44. The maximum absolute atomic E-state index is 13.1. The summed E-state index contributed by atoms with van der Waals surface area (Å²) in [5.74, 6) is 0.116. The van der Waals surface area contributed by atoms with E-state index in [-0.39, 0.29) is 37.1 Å². The van der Waals surface area contributed by atoms with Crippen molar-refractivity contribution in [2.24, 2.45) is 5.92 Å². The molecule has 3 N–H and O–H groups in total. The van der Waals surface area contributed by atoms with Gasteiger partial charge in [0.1, 0.15) is 6.23 Å². The second kappa shape index (κ2) is 7.93. The van der Waals surface area contributed by atoms with Crippen LogP contribution in [0.4, 0.5) is 13.2 Å². The van der Waals surface area contributed by atoms with Gasteiger partial charge in [-0.1, -0.05) is 6.92 Å². The number of hydrogen-bond donors (Lipinski definition) is 3. The zero-order chi connectivity index (χ0) is 20.7. The Bertz CT molecular complexity index is 656. The van der Waals surface area contributed by atoms with Crippen LogP contribution in [-0.4, -0.2) is 67.2 Å². The van der Waals surface area contributed by atoms with Crippen LogP contribution in [-0.2, 0) is 0 Å². The molecule has 9 heteroatoms. The van der Waals surface area contributed by atoms with Crippen LogP contribution in [0.1, 0.15) is 63.6 Å². The van der Waals surface area contributed by atoms with Crippen molar-refractivity contribution in [1.82, 2.24) is 14.7 Å². The molecule has 28 heavy (non-hydrogen) atoms. The number of rotatable bonds is 4. The third-order valence-corrected chi connectivity index (χ3v) is 6.45. The van der Waals surface area contributed by atoms with Crippen molar-refractivity contribution in [3.05, 3.63) is 18.0 Å². The first-order chi connectivity index (χ1) is 13.0. The fourth-order valence-electron chi connectivity index (χ4n) is 4.57. The number of hydrogen-bond acceptors (Lipinski definition) is 5. The zero-order valence-electron chi connectivity index (χ0n) is 16.3. The molecule has 2 fully saturated rings. The summed E-state index contributed by atoms with van der Waals surface area (Å²) in [5, 5.41) is 34.2. The first kappa shape index (κ1) is 21.5. The summed E-state index contributed by atoms with van der Waals surface area (Å²) in [7, 11) is 0. The highest BCUT2D eigenvalue weighted by Gasteiger charge is 2.57. The molecule has 0 spiro atoms. The number of alkyl halides is 3. The van der Waals surface area contributed by atoms with Crippen LogP contribution in [0.5, 0.6) is 0 Å². The fraction of sp³-hybridized carbons (Fsp3) is 0.842. The summed E-state index contributed by atoms with van der Waals surface area (Å²) in [6, 6.07) is 2.19. The lowest BCUT2D eigenvalue weighted by molar-refractivity contribution is -0.306. The summed E-state index contributed by atoms with van der Waals surface area (Å²) < 4.78 is 41.2. The van der Waals surface area contributed by atoms with Crippen molar-refractivity contribution in [3.8, 4) is 0 Å². The predicted octanol–water partition coefficient (Wildman–Crippen LogP) is 2.42. The third kappa shape index (κ3) is 4.08. The van der Waals surface area contributed by atoms with E-state index in [1.807, 2.05) is 17.7 Å². The molecule has 2 heterocycles. The van der Waals surface area contributed by atoms with Gasteiger partial charge in [0, 0.05) is 30.9 Å². The minimum absolute atomic E-state index is 0.00272. The molecule has 4 atom stereocenters. The van der Waals surface area contributed by atoms with E-state index in [0.717, 1.165) is 31.4 Å². The average molecular weight is 405 g/mol. The van der Waals surface area contributed by atoms with E-state index in [9.17, 15) is 28.5 Å². The molecule has 1 aromatic heterocycles. The van der Waals surface area contributed by atoms with Gasteiger partial charge < -0.3 is 15.3 Å². The Morgan fingerprint density at radius 2 is 1.82 bits per heavy atom. The van der Waals surface area contributed by atoms with E-state index in [4.69, 9.17) is 0 Å². The molecule has 1 aromatic rings. The SMILES string of the molecule is CC1CN(C(O)C(C)(O)C(F)(F)F)CCC1c1ccnn1C1CCC(O)CC1. The van der Waals surface area contributed by atoms with E-state index in [2.05, 4.69) is 5.10 Å². The van der Waals surface area contributed by atoms with Gasteiger partial charge in [-0.15, -0.1) is 0 Å². The van der Waals surface area contributed by atoms with Crippen molar-refractivity contribution < 1.29 is 28.5 Å². The number of aliphatic hydroxyl groups excluding tert-OH is 2. The molecule has 0 radical (unpaired) electrons. The van der Waals surface area contributed by atoms with Crippen molar-refractivity contribution >= 4 is 0 Å². The minimum atomic E-state index is -4.91. The van der Waals surface area contributed by atoms with Crippen LogP contribution in [0.25, 0.3) is 0 Å². The quantitative estimate of drug-likeness (QED) is 0.717. The highest BCUT2D eigenvalue weighted by Crippen LogP contribution is 2.40. The molecule has 1 aliphatic heterocycles. The summed E-state index contributed by atoms with van der Waals surface area (Å²) in [6.07, 6.45) is -1.62. The Balaban J connectivity index is 1.69. The van der Waals surface area contributed by atoms with Gasteiger partial charge in [-0.05, 0) is 51.0 Å². The van der Waals surface area contributed by atoms with E-state index in [0.29, 0.717) is 13.3 Å². The van der Waals surface area contributed by atoms with Gasteiger partial charge in [0.2, 0.25) is 0 Å². The molecular weight excluding hydrogens is 375 g/mol. The third-order valence-electron chi connectivity index (χ3n) is 6.45. The number of halogens is 3. The summed E-state index contributed by atoms with van der Waals surface area (Å²) >= 11 is 0. The summed E-state index contributed by atoms with van der Waals surface area (Å²) in [6.45, 7) is 3.08. The monoisotopic (exact) mass is 405 g/mol. The largest absolute Gasteiger partial charge is 0.420 e. The van der Waals surface area contributed by atoms with E-state index in [1.165, 1.54) is 4.90 Å². The van der Waals surface area contributed by atoms with Crippen molar-refractivity contribution in [3.63, 3.8) is 0 Å². The molecule has 2 aliphatic rings. The summed E-state index contributed by atoms with van der Waals surface area (Å²) in [5.41, 5.74) is -2.12. The Labute approximate surface area is 163 Å². The number of piperidine rings is 1. The maximum Gasteiger partial charge on any atom is 0.420 e. The molecular formula is C19H30F3N3O3. The molecule has 1 aliphatic carbocycles. The molecule has 4 unspecified atom stereocenters. The van der Waals surface area contributed by atoms with Gasteiger partial charge in [0.05, 0.1) is 12.1 Å². The number of likely N-dealkylation sites (tertiary alicyclic amines) is 1. The highest BCUT2D eigenvalue weighted by atomic mass is 19.4. The minimum Gasteiger partial charge on any atom is -0.393 e. The normalized spacial score (nSPS) is 33.4. The Morgan fingerprint density at radius 1 is 1.18 bits per heavy atom. The second-order valence-corrected chi connectivity index (χ2v) is 8.55. The molecule has 0 bridgehead atoms. The van der Waals surface area contributed by atoms with Crippen molar-refractivity contribution in [2.75, 3.05) is 13.1 Å². The van der Waals surface area contributed by atoms with Crippen molar-refractivity contribution in [2.45, 2.75) is 82.0 Å². The lowest BCUT2D eigenvalue weighted by Crippen LogP contribution is -2.61. The number of nitrogens with zero attached hydrogens (tertiary/aromatic N) is 3. The second-order valence-electron chi connectivity index (χ2n) is 8.55. The van der Waals surface area contributed by atoms with Gasteiger partial charge in [-0.3, -0.25) is 9.58 Å². The molecule has 1 saturated carbocycles. The summed E-state index contributed by atoms with van der Waals surface area (Å²) in [4.78, 5) is 1.31. The van der Waals surface area contributed by atoms with Gasteiger partial charge >= 0.3 is 6.18 Å². The van der Waals surface area contributed by atoms with Gasteiger partial charge in [-0.25, -0.2) is 0 Å². The molecule has 1 saturated heterocycles. The zero-order valence-corrected chi connectivity index (χ0v) is 16.3. The fourth-order valence-corrected chi connectivity index (χ4v) is 4.57. The topological polar surface area (TPSA) is 81.8 Å². The first-order valence-electron chi connectivity index (χ1n) is 9.95. The van der Waals surface area contributed by atoms with E-state index >= 15 is 0 Å². The van der Waals surface area contributed by atoms with E-state index < -0.39 is 18.0 Å².